The second-order valence-corrected chi connectivity index (χ2v) is 11.2. The van der Waals surface area contributed by atoms with Gasteiger partial charge in [-0.1, -0.05) is 6.07 Å². The summed E-state index contributed by atoms with van der Waals surface area (Å²) < 4.78 is 33.6. The normalized spacial score (nSPS) is 21.0. The van der Waals surface area contributed by atoms with Gasteiger partial charge in [0.05, 0.1) is 17.2 Å². The molecule has 0 spiro atoms. The number of hydrogen-bond donors (Lipinski definition) is 2. The van der Waals surface area contributed by atoms with Gasteiger partial charge in [0.2, 0.25) is 0 Å². The van der Waals surface area contributed by atoms with Crippen LogP contribution in [0.4, 0.5) is 8.78 Å². The minimum Gasteiger partial charge on any atom is -0.477 e. The molecule has 40 heavy (non-hydrogen) atoms. The van der Waals surface area contributed by atoms with Crippen molar-refractivity contribution in [2.24, 2.45) is 10.9 Å². The topological polar surface area (TPSA) is 127 Å². The molecule has 0 bridgehead atoms. The molecule has 0 amide bonds. The number of aromatic carboxylic acids is 1. The van der Waals surface area contributed by atoms with Crippen molar-refractivity contribution in [3.8, 4) is 0 Å². The van der Waals surface area contributed by atoms with E-state index in [2.05, 4.69) is 36.2 Å². The summed E-state index contributed by atoms with van der Waals surface area (Å²) in [6.45, 7) is 1.66. The molecular formula is C27H24BrF2N5O4S. The number of carbonyl (C=O) groups is 2. The fourth-order valence-electron chi connectivity index (χ4n) is 5.16. The summed E-state index contributed by atoms with van der Waals surface area (Å²) in [5.74, 6) is -3.13. The number of nitrogens with zero attached hydrogens (tertiary/aromatic N) is 4. The van der Waals surface area contributed by atoms with E-state index in [0.29, 0.717) is 53.6 Å². The van der Waals surface area contributed by atoms with Gasteiger partial charge in [0.1, 0.15) is 11.9 Å². The zero-order valence-electron chi connectivity index (χ0n) is 21.5. The Morgan fingerprint density at radius 3 is 2.52 bits per heavy atom. The molecule has 1 fully saturated rings. The van der Waals surface area contributed by atoms with Crippen molar-refractivity contribution >= 4 is 45.0 Å². The number of methoxy groups -OCH3 is 1. The van der Waals surface area contributed by atoms with Crippen LogP contribution in [0.25, 0.3) is 0 Å². The minimum absolute atomic E-state index is 0.0130. The predicted octanol–water partition coefficient (Wildman–Crippen LogP) is 5.47. The van der Waals surface area contributed by atoms with E-state index < -0.39 is 29.6 Å². The molecule has 5 rings (SSSR count). The number of carbonyl (C=O) groups excluding carboxylic acids is 1. The van der Waals surface area contributed by atoms with Gasteiger partial charge in [0.15, 0.2) is 28.2 Å². The van der Waals surface area contributed by atoms with Gasteiger partial charge in [-0.25, -0.2) is 33.3 Å². The highest BCUT2D eigenvalue weighted by Gasteiger charge is 2.38. The first-order valence-electron chi connectivity index (χ1n) is 12.5. The molecule has 208 valence electrons. The molecule has 0 radical (unpaired) electrons. The van der Waals surface area contributed by atoms with Gasteiger partial charge in [-0.3, -0.25) is 4.99 Å². The third-order valence-corrected chi connectivity index (χ3v) is 8.75. The predicted molar refractivity (Wildman–Crippen MR) is 146 cm³/mol. The van der Waals surface area contributed by atoms with Crippen molar-refractivity contribution in [3.05, 3.63) is 84.9 Å². The number of aryl methyl sites for hydroxylation is 1. The number of carboxylic acid groups (broad SMARTS) is 1. The number of ether oxygens (including phenoxy) is 1. The van der Waals surface area contributed by atoms with Gasteiger partial charge in [-0.2, -0.15) is 0 Å². The van der Waals surface area contributed by atoms with Crippen molar-refractivity contribution in [1.82, 2.24) is 20.3 Å². The molecule has 1 aromatic carbocycles. The van der Waals surface area contributed by atoms with Gasteiger partial charge in [-0.05, 0) is 66.1 Å². The van der Waals surface area contributed by atoms with E-state index in [9.17, 15) is 23.5 Å². The van der Waals surface area contributed by atoms with Crippen LogP contribution in [0.5, 0.6) is 0 Å². The molecule has 1 aliphatic carbocycles. The second kappa shape index (κ2) is 11.5. The van der Waals surface area contributed by atoms with Crippen LogP contribution in [0.15, 0.2) is 50.6 Å². The van der Waals surface area contributed by atoms with E-state index in [1.807, 2.05) is 0 Å². The van der Waals surface area contributed by atoms with Crippen molar-refractivity contribution < 1.29 is 28.2 Å². The molecule has 3 heterocycles. The van der Waals surface area contributed by atoms with Crippen molar-refractivity contribution in [2.45, 2.75) is 44.6 Å². The molecule has 1 saturated carbocycles. The number of thiazole rings is 1. The molecule has 9 nitrogen and oxygen atoms in total. The summed E-state index contributed by atoms with van der Waals surface area (Å²) in [6, 6.07) is 1.42. The number of aromatic nitrogens is 3. The van der Waals surface area contributed by atoms with Crippen LogP contribution < -0.4 is 5.32 Å². The smallest absolute Gasteiger partial charge is 0.354 e. The van der Waals surface area contributed by atoms with E-state index >= 15 is 0 Å². The third-order valence-electron chi connectivity index (χ3n) is 7.17. The van der Waals surface area contributed by atoms with Crippen LogP contribution in [-0.2, 0) is 9.53 Å². The minimum atomic E-state index is -1.10. The monoisotopic (exact) mass is 631 g/mol. The van der Waals surface area contributed by atoms with E-state index in [4.69, 9.17) is 9.73 Å². The van der Waals surface area contributed by atoms with E-state index in [1.54, 1.807) is 18.5 Å². The highest BCUT2D eigenvalue weighted by molar-refractivity contribution is 9.10. The summed E-state index contributed by atoms with van der Waals surface area (Å²) in [4.78, 5) is 42.5. The van der Waals surface area contributed by atoms with Gasteiger partial charge in [0.25, 0.3) is 0 Å². The Kier molecular flexibility index (Phi) is 8.04. The number of amidine groups is 1. The van der Waals surface area contributed by atoms with Crippen molar-refractivity contribution in [3.63, 3.8) is 0 Å². The van der Waals surface area contributed by atoms with E-state index in [0.717, 1.165) is 6.07 Å². The van der Waals surface area contributed by atoms with Crippen LogP contribution >= 0.6 is 27.3 Å². The van der Waals surface area contributed by atoms with Crippen LogP contribution in [0, 0.1) is 24.5 Å². The van der Waals surface area contributed by atoms with Crippen molar-refractivity contribution in [1.29, 1.82) is 0 Å². The highest BCUT2D eigenvalue weighted by Crippen LogP contribution is 2.43. The number of esters is 1. The van der Waals surface area contributed by atoms with Crippen molar-refractivity contribution in [2.75, 3.05) is 7.11 Å². The van der Waals surface area contributed by atoms with E-state index in [-0.39, 0.29) is 33.1 Å². The average molecular weight is 632 g/mol. The molecule has 13 heteroatoms. The summed E-state index contributed by atoms with van der Waals surface area (Å²) >= 11 is 4.51. The number of halogens is 3. The Labute approximate surface area is 240 Å². The van der Waals surface area contributed by atoms with Crippen LogP contribution in [-0.4, -0.2) is 44.9 Å². The Morgan fingerprint density at radius 1 is 1.15 bits per heavy atom. The molecule has 1 atom stereocenters. The first-order valence-corrected chi connectivity index (χ1v) is 14.1. The second-order valence-electron chi connectivity index (χ2n) is 9.54. The Morgan fingerprint density at radius 2 is 1.88 bits per heavy atom. The van der Waals surface area contributed by atoms with Crippen LogP contribution in [0.2, 0.25) is 0 Å². The molecule has 3 aromatic rings. The molecule has 2 N–H and O–H groups in total. The lowest BCUT2D eigenvalue weighted by Gasteiger charge is -2.35. The summed E-state index contributed by atoms with van der Waals surface area (Å²) in [5.41, 5.74) is 1.55. The van der Waals surface area contributed by atoms with Crippen LogP contribution in [0.3, 0.4) is 0 Å². The lowest BCUT2D eigenvalue weighted by Crippen LogP contribution is -2.37. The number of hydrogen-bond acceptors (Lipinski definition) is 9. The Balaban J connectivity index is 1.53. The average Bonchev–Trinajstić information content (AvgIpc) is 3.50. The summed E-state index contributed by atoms with van der Waals surface area (Å²) in [6.07, 6.45) is 5.71. The first-order chi connectivity index (χ1) is 19.2. The largest absolute Gasteiger partial charge is 0.477 e. The molecule has 0 saturated heterocycles. The van der Waals surface area contributed by atoms with Crippen LogP contribution in [0.1, 0.15) is 70.1 Å². The Bertz CT molecular complexity index is 1540. The molecule has 2 aromatic heterocycles. The fourth-order valence-corrected chi connectivity index (χ4v) is 6.28. The number of carboxylic acids is 1. The first kappa shape index (κ1) is 28.0. The molecular weight excluding hydrogens is 608 g/mol. The number of benzene rings is 1. The summed E-state index contributed by atoms with van der Waals surface area (Å²) in [7, 11) is 1.26. The maximum absolute atomic E-state index is 14.6. The van der Waals surface area contributed by atoms with Gasteiger partial charge < -0.3 is 15.2 Å². The highest BCUT2D eigenvalue weighted by atomic mass is 79.9. The van der Waals surface area contributed by atoms with Gasteiger partial charge in [-0.15, -0.1) is 11.3 Å². The zero-order chi connectivity index (χ0) is 28.6. The summed E-state index contributed by atoms with van der Waals surface area (Å²) in [5, 5.41) is 15.1. The Hall–Kier alpha value is -3.58. The SMILES string of the molecule is COC(=O)C1=C([C@H]2CC[C@H](c3ncc(C)c(C(=O)O)n3)CC2)NC(c2nccs2)=NC1c1ccc(F)c(F)c1Br. The lowest BCUT2D eigenvalue weighted by molar-refractivity contribution is -0.136. The third kappa shape index (κ3) is 5.27. The zero-order valence-corrected chi connectivity index (χ0v) is 23.9. The van der Waals surface area contributed by atoms with E-state index in [1.165, 1.54) is 30.7 Å². The maximum atomic E-state index is 14.6. The number of nitrogens with one attached hydrogen (secondary N) is 1. The molecule has 2 aliphatic rings. The molecule has 1 unspecified atom stereocenters. The molecule has 1 aliphatic heterocycles. The lowest BCUT2D eigenvalue weighted by atomic mass is 9.77. The van der Waals surface area contributed by atoms with Gasteiger partial charge >= 0.3 is 11.9 Å². The number of allylic oxidation sites excluding steroid dienone is 1. The number of aliphatic imine (C=N–C) groups is 1. The quantitative estimate of drug-likeness (QED) is 0.271. The maximum Gasteiger partial charge on any atom is 0.354 e. The number of rotatable bonds is 6. The van der Waals surface area contributed by atoms with Gasteiger partial charge in [0, 0.05) is 35.0 Å². The standard InChI is InChI=1S/C27H24BrF2N5O4S/c1-12-11-32-23(33-20(12)26(36)37)14-5-3-13(4-6-14)21-17(27(38)39-2)22(15-7-8-16(29)19(30)18(15)28)35-24(34-21)25-31-9-10-40-25/h7-11,13-14,22H,3-6H2,1-2H3,(H,34,35)(H,36,37)/t13-,14-,22?. The fraction of sp³-hybridized carbons (Fsp3) is 0.333.